The Bertz CT molecular complexity index is 1250. The fourth-order valence-corrected chi connectivity index (χ4v) is 6.53. The minimum atomic E-state index is -2.59. The Morgan fingerprint density at radius 1 is 1.13 bits per heavy atom. The maximum atomic E-state index is 13.6. The van der Waals surface area contributed by atoms with Gasteiger partial charge in [-0.25, -0.2) is 8.60 Å². The second kappa shape index (κ2) is 6.31. The van der Waals surface area contributed by atoms with E-state index in [1.807, 2.05) is 6.07 Å². The van der Waals surface area contributed by atoms with Crippen molar-refractivity contribution in [1.82, 2.24) is 4.57 Å². The fourth-order valence-electron chi connectivity index (χ4n) is 5.00. The number of nitrogens with one attached hydrogen (secondary N) is 1. The molecule has 7 heteroatoms. The van der Waals surface area contributed by atoms with Crippen LogP contribution in [-0.2, 0) is 25.5 Å². The molecule has 1 spiro atoms. The molecule has 30 heavy (non-hydrogen) atoms. The van der Waals surface area contributed by atoms with Gasteiger partial charge in [0.1, 0.15) is 11.6 Å². The van der Waals surface area contributed by atoms with Gasteiger partial charge < -0.3 is 14.4 Å². The predicted molar refractivity (Wildman–Crippen MR) is 115 cm³/mol. The smallest absolute Gasteiger partial charge is 0.125 e. The maximum Gasteiger partial charge on any atom is 0.125 e. The zero-order valence-corrected chi connectivity index (χ0v) is 17.9. The summed E-state index contributed by atoms with van der Waals surface area (Å²) in [4.78, 5) is 0. The lowest BCUT2D eigenvalue weighted by Crippen LogP contribution is -2.47. The summed E-state index contributed by atoms with van der Waals surface area (Å²) in [5, 5.41) is 11.6. The summed E-state index contributed by atoms with van der Waals surface area (Å²) in [5.41, 5.74) is 2.55. The van der Waals surface area contributed by atoms with Crippen molar-refractivity contribution in [2.24, 2.45) is 0 Å². The highest BCUT2D eigenvalue weighted by atomic mass is 32.2. The normalized spacial score (nSPS) is 28.0. The molecule has 0 saturated carbocycles. The first-order valence-corrected chi connectivity index (χ1v) is 12.0. The van der Waals surface area contributed by atoms with Crippen molar-refractivity contribution in [3.05, 3.63) is 59.5 Å². The van der Waals surface area contributed by atoms with Crippen LogP contribution in [0.2, 0.25) is 0 Å². The van der Waals surface area contributed by atoms with E-state index < -0.39 is 15.3 Å². The number of phenolic OH excluding ortho intramolecular Hbond substituents is 1. The Hall–Kier alpha value is -2.38. The topological polar surface area (TPSA) is 75.3 Å². The van der Waals surface area contributed by atoms with Gasteiger partial charge in [-0.1, -0.05) is 19.9 Å². The van der Waals surface area contributed by atoms with Crippen LogP contribution in [0.5, 0.6) is 5.75 Å². The van der Waals surface area contributed by atoms with Crippen LogP contribution in [0.1, 0.15) is 37.9 Å². The number of phenols is 1. The van der Waals surface area contributed by atoms with Crippen LogP contribution >= 0.6 is 0 Å². The van der Waals surface area contributed by atoms with E-state index in [-0.39, 0.29) is 28.5 Å². The van der Waals surface area contributed by atoms with Crippen molar-refractivity contribution in [2.75, 3.05) is 18.1 Å². The first-order chi connectivity index (χ1) is 14.1. The monoisotopic (exact) mass is 428 g/mol. The number of benzene rings is 2. The third-order valence-electron chi connectivity index (χ3n) is 6.53. The minimum Gasteiger partial charge on any atom is -0.507 e. The molecular formula is C23H25FN2O3S. The number of hydrogen-bond acceptors (Lipinski definition) is 4. The third kappa shape index (κ3) is 2.79. The van der Waals surface area contributed by atoms with Gasteiger partial charge in [0.15, 0.2) is 0 Å². The highest BCUT2D eigenvalue weighted by Crippen LogP contribution is 2.53. The second-order valence-corrected chi connectivity index (χ2v) is 11.5. The average molecular weight is 429 g/mol. The van der Waals surface area contributed by atoms with Crippen LogP contribution in [0.3, 0.4) is 0 Å². The Balaban J connectivity index is 1.88. The Kier molecular flexibility index (Phi) is 4.12. The van der Waals surface area contributed by atoms with Crippen molar-refractivity contribution >= 4 is 20.6 Å². The molecule has 3 heterocycles. The molecule has 0 unspecified atom stereocenters. The molecule has 158 valence electrons. The molecule has 0 radical (unpaired) electrons. The molecule has 3 aromatic rings. The number of rotatable bonds is 1. The van der Waals surface area contributed by atoms with Gasteiger partial charge in [-0.15, -0.1) is 0 Å². The van der Waals surface area contributed by atoms with Crippen LogP contribution in [0, 0.1) is 10.6 Å². The number of ether oxygens (including phenoxy) is 1. The van der Waals surface area contributed by atoms with E-state index in [2.05, 4.69) is 18.4 Å². The Morgan fingerprint density at radius 2 is 1.80 bits per heavy atom. The van der Waals surface area contributed by atoms with E-state index in [0.29, 0.717) is 19.4 Å². The van der Waals surface area contributed by atoms with E-state index in [4.69, 9.17) is 9.52 Å². The first kappa shape index (κ1) is 19.6. The summed E-state index contributed by atoms with van der Waals surface area (Å²) in [6.45, 7) is 4.67. The van der Waals surface area contributed by atoms with Crippen LogP contribution in [-0.4, -0.2) is 32.0 Å². The lowest BCUT2D eigenvalue weighted by Gasteiger charge is -2.46. The van der Waals surface area contributed by atoms with Gasteiger partial charge in [0.05, 0.1) is 17.7 Å². The molecule has 1 aromatic heterocycles. The zero-order chi connectivity index (χ0) is 21.3. The van der Waals surface area contributed by atoms with Gasteiger partial charge in [-0.05, 0) is 49.2 Å². The Morgan fingerprint density at radius 3 is 2.47 bits per heavy atom. The summed E-state index contributed by atoms with van der Waals surface area (Å²) < 4.78 is 42.6. The van der Waals surface area contributed by atoms with Crippen LogP contribution in [0.25, 0.3) is 16.6 Å². The number of aromatic hydroxyl groups is 1. The molecule has 1 saturated heterocycles. The fraction of sp³-hybridized carbons (Fsp3) is 0.391. The van der Waals surface area contributed by atoms with Gasteiger partial charge in [0.2, 0.25) is 0 Å². The molecule has 2 aromatic carbocycles. The van der Waals surface area contributed by atoms with Crippen LogP contribution < -0.4 is 0 Å². The van der Waals surface area contributed by atoms with Crippen molar-refractivity contribution in [2.45, 2.75) is 37.7 Å². The number of aromatic nitrogens is 1. The molecule has 1 fully saturated rings. The van der Waals surface area contributed by atoms with Crippen molar-refractivity contribution in [3.63, 3.8) is 0 Å². The SMILES string of the molecule is CC1(C)COC2(CCS(=N)(=O)CC2)c2c1n(-c1ccc(F)cc1)c1cccc(O)c21. The quantitative estimate of drug-likeness (QED) is 0.584. The first-order valence-electron chi connectivity index (χ1n) is 10.2. The molecule has 2 N–H and O–H groups in total. The molecule has 0 amide bonds. The molecule has 0 bridgehead atoms. The van der Waals surface area contributed by atoms with Gasteiger partial charge >= 0.3 is 0 Å². The molecule has 2 aliphatic rings. The largest absolute Gasteiger partial charge is 0.507 e. The van der Waals surface area contributed by atoms with Crippen molar-refractivity contribution in [1.29, 1.82) is 4.78 Å². The minimum absolute atomic E-state index is 0.169. The van der Waals surface area contributed by atoms with Gasteiger partial charge in [0, 0.05) is 49.0 Å². The molecule has 5 rings (SSSR count). The van der Waals surface area contributed by atoms with Crippen LogP contribution in [0.4, 0.5) is 4.39 Å². The highest BCUT2D eigenvalue weighted by molar-refractivity contribution is 7.92. The number of nitrogens with zero attached hydrogens (tertiary/aromatic N) is 1. The number of hydrogen-bond donors (Lipinski definition) is 2. The van der Waals surface area contributed by atoms with E-state index in [1.54, 1.807) is 24.3 Å². The van der Waals surface area contributed by atoms with Crippen LogP contribution in [0.15, 0.2) is 42.5 Å². The lowest BCUT2D eigenvalue weighted by atomic mass is 9.75. The summed E-state index contributed by atoms with van der Waals surface area (Å²) in [5.74, 6) is 0.429. The van der Waals surface area contributed by atoms with Gasteiger partial charge in [-0.2, -0.15) is 0 Å². The third-order valence-corrected chi connectivity index (χ3v) is 8.26. The predicted octanol–water partition coefficient (Wildman–Crippen LogP) is 4.82. The summed E-state index contributed by atoms with van der Waals surface area (Å²) in [6.07, 6.45) is 0.963. The summed E-state index contributed by atoms with van der Waals surface area (Å²) in [7, 11) is -2.59. The number of halogens is 1. The van der Waals surface area contributed by atoms with E-state index in [0.717, 1.165) is 27.8 Å². The van der Waals surface area contributed by atoms with Gasteiger partial charge in [-0.3, -0.25) is 4.78 Å². The van der Waals surface area contributed by atoms with Crippen molar-refractivity contribution in [3.8, 4) is 11.4 Å². The molecule has 5 nitrogen and oxygen atoms in total. The average Bonchev–Trinajstić information content (AvgIpc) is 3.06. The molecule has 0 aliphatic carbocycles. The molecule has 2 aliphatic heterocycles. The van der Waals surface area contributed by atoms with E-state index in [9.17, 15) is 13.7 Å². The van der Waals surface area contributed by atoms with E-state index >= 15 is 0 Å². The molecule has 0 atom stereocenters. The maximum absolute atomic E-state index is 13.6. The van der Waals surface area contributed by atoms with E-state index in [1.165, 1.54) is 12.1 Å². The highest BCUT2D eigenvalue weighted by Gasteiger charge is 2.50. The zero-order valence-electron chi connectivity index (χ0n) is 17.1. The summed E-state index contributed by atoms with van der Waals surface area (Å²) >= 11 is 0. The second-order valence-electron chi connectivity index (χ2n) is 9.09. The summed E-state index contributed by atoms with van der Waals surface area (Å²) in [6, 6.07) is 11.8. The number of fused-ring (bicyclic) bond motifs is 4. The van der Waals surface area contributed by atoms with Crippen molar-refractivity contribution < 1.29 is 18.4 Å². The standard InChI is InChI=1S/C23H25FN2O3S/c1-22(2)14-29-23(10-12-30(25,28)13-11-23)20-19-17(4-3-5-18(19)27)26(21(20)22)16-8-6-15(24)7-9-16/h3-9,25,27H,10-14H2,1-2H3. The van der Waals surface area contributed by atoms with Gasteiger partial charge in [0.25, 0.3) is 0 Å². The Labute approximate surface area is 175 Å². The molecular weight excluding hydrogens is 403 g/mol. The lowest BCUT2D eigenvalue weighted by molar-refractivity contribution is -0.0902.